The number of fused-ring (bicyclic) bond motifs is 1. The average molecular weight is 434 g/mol. The molecule has 10 heteroatoms. The van der Waals surface area contributed by atoms with E-state index in [0.717, 1.165) is 36.4 Å². The second-order valence-corrected chi connectivity index (χ2v) is 7.76. The van der Waals surface area contributed by atoms with Crippen LogP contribution in [0.15, 0.2) is 48.7 Å². The Labute approximate surface area is 183 Å². The van der Waals surface area contributed by atoms with Crippen LogP contribution in [-0.4, -0.2) is 45.8 Å². The number of anilines is 4. The number of hydrogen-bond acceptors (Lipinski definition) is 8. The Morgan fingerprint density at radius 2 is 2.09 bits per heavy atom. The summed E-state index contributed by atoms with van der Waals surface area (Å²) in [5.41, 5.74) is 7.33. The zero-order chi connectivity index (χ0) is 22.1. The largest absolute Gasteiger partial charge is 0.454 e. The number of benzene rings is 2. The number of rotatable bonds is 5. The van der Waals surface area contributed by atoms with Crippen molar-refractivity contribution in [3.8, 4) is 11.5 Å². The highest BCUT2D eigenvalue weighted by atomic mass is 19.1. The number of nitrogens with one attached hydrogen (secondary N) is 3. The molecule has 2 aromatic heterocycles. The van der Waals surface area contributed by atoms with E-state index < -0.39 is 5.82 Å². The lowest BCUT2D eigenvalue weighted by Gasteiger charge is -2.32. The van der Waals surface area contributed by atoms with E-state index in [2.05, 4.69) is 42.6 Å². The van der Waals surface area contributed by atoms with E-state index >= 15 is 0 Å². The van der Waals surface area contributed by atoms with Gasteiger partial charge in [0.05, 0.1) is 11.7 Å². The maximum absolute atomic E-state index is 14.7. The number of nitrogens with zero attached hydrogens (tertiary/aromatic N) is 4. The minimum atomic E-state index is -0.500. The van der Waals surface area contributed by atoms with E-state index in [1.165, 1.54) is 6.07 Å². The van der Waals surface area contributed by atoms with Crippen LogP contribution in [0.4, 0.5) is 27.7 Å². The topological polar surface area (TPSA) is 117 Å². The van der Waals surface area contributed by atoms with Gasteiger partial charge in [-0.05, 0) is 37.3 Å². The molecule has 1 fully saturated rings. The van der Waals surface area contributed by atoms with E-state index in [1.54, 1.807) is 30.5 Å². The molecule has 164 valence electrons. The maximum atomic E-state index is 14.7. The van der Waals surface area contributed by atoms with Crippen LogP contribution in [0, 0.1) is 5.82 Å². The zero-order valence-corrected chi connectivity index (χ0v) is 17.5. The molecule has 9 nitrogen and oxygen atoms in total. The fraction of sp³-hybridized carbons (Fsp3) is 0.227. The number of nitrogens with two attached hydrogens (primary N) is 1. The van der Waals surface area contributed by atoms with Crippen molar-refractivity contribution >= 4 is 34.2 Å². The molecule has 5 N–H and O–H groups in total. The first-order chi connectivity index (χ1) is 15.5. The lowest BCUT2D eigenvalue weighted by Crippen LogP contribution is -2.49. The van der Waals surface area contributed by atoms with Crippen molar-refractivity contribution < 1.29 is 9.13 Å². The van der Waals surface area contributed by atoms with E-state index in [1.807, 2.05) is 12.1 Å². The summed E-state index contributed by atoms with van der Waals surface area (Å²) < 4.78 is 20.4. The number of piperazine rings is 1. The fourth-order valence-electron chi connectivity index (χ4n) is 3.74. The first-order valence-electron chi connectivity index (χ1n) is 10.3. The molecule has 0 amide bonds. The third-order valence-corrected chi connectivity index (χ3v) is 5.27. The third kappa shape index (κ3) is 4.26. The van der Waals surface area contributed by atoms with Gasteiger partial charge in [-0.3, -0.25) is 5.10 Å². The van der Waals surface area contributed by atoms with Gasteiger partial charge in [-0.2, -0.15) is 15.1 Å². The molecule has 1 aliphatic heterocycles. The number of H-pyrrole nitrogens is 1. The molecule has 0 spiro atoms. The molecule has 0 saturated carbocycles. The minimum absolute atomic E-state index is 0.121. The van der Waals surface area contributed by atoms with Crippen molar-refractivity contribution in [1.29, 1.82) is 0 Å². The summed E-state index contributed by atoms with van der Waals surface area (Å²) >= 11 is 0. The predicted molar refractivity (Wildman–Crippen MR) is 122 cm³/mol. The van der Waals surface area contributed by atoms with Crippen molar-refractivity contribution in [3.05, 3.63) is 54.5 Å². The van der Waals surface area contributed by atoms with Gasteiger partial charge in [0.1, 0.15) is 17.4 Å². The number of ether oxygens (including phenoxy) is 1. The molecule has 5 rings (SSSR count). The van der Waals surface area contributed by atoms with Gasteiger partial charge in [-0.15, -0.1) is 0 Å². The normalized spacial score (nSPS) is 16.3. The van der Waals surface area contributed by atoms with Crippen LogP contribution in [0.5, 0.6) is 11.5 Å². The highest BCUT2D eigenvalue weighted by molar-refractivity contribution is 5.79. The molecule has 0 bridgehead atoms. The van der Waals surface area contributed by atoms with Crippen LogP contribution >= 0.6 is 0 Å². The lowest BCUT2D eigenvalue weighted by atomic mass is 10.2. The molecule has 0 aliphatic carbocycles. The number of nitrogen functional groups attached to an aromatic ring is 1. The Balaban J connectivity index is 1.33. The van der Waals surface area contributed by atoms with Crippen LogP contribution in [-0.2, 0) is 0 Å². The van der Waals surface area contributed by atoms with Gasteiger partial charge in [0, 0.05) is 48.9 Å². The molecule has 1 unspecified atom stereocenters. The molecule has 32 heavy (non-hydrogen) atoms. The van der Waals surface area contributed by atoms with Crippen molar-refractivity contribution in [2.75, 3.05) is 35.6 Å². The quantitative estimate of drug-likeness (QED) is 0.378. The van der Waals surface area contributed by atoms with Crippen molar-refractivity contribution in [3.63, 3.8) is 0 Å². The van der Waals surface area contributed by atoms with Gasteiger partial charge in [-0.25, -0.2) is 4.39 Å². The Morgan fingerprint density at radius 1 is 1.19 bits per heavy atom. The van der Waals surface area contributed by atoms with Crippen molar-refractivity contribution in [2.45, 2.75) is 13.0 Å². The van der Waals surface area contributed by atoms with Crippen LogP contribution < -0.4 is 26.0 Å². The second kappa shape index (κ2) is 8.31. The van der Waals surface area contributed by atoms with Crippen LogP contribution in [0.2, 0.25) is 0 Å². The standard InChI is InChI=1S/C22H23FN8O/c1-13-12-31(7-6-25-13)21-10-20(28-22(24)29-21)27-15-2-5-19(17(23)9-15)32-16-3-4-18-14(8-16)11-26-30-18/h2-5,8-11,13,25H,6-7,12H2,1H3,(H,26,30)(H3,24,27,28,29). The molecular weight excluding hydrogens is 411 g/mol. The smallest absolute Gasteiger partial charge is 0.223 e. The Kier molecular flexibility index (Phi) is 5.20. The predicted octanol–water partition coefficient (Wildman–Crippen LogP) is 3.41. The van der Waals surface area contributed by atoms with Crippen molar-refractivity contribution in [1.82, 2.24) is 25.5 Å². The highest BCUT2D eigenvalue weighted by Crippen LogP contribution is 2.30. The van der Waals surface area contributed by atoms with Crippen LogP contribution in [0.3, 0.4) is 0 Å². The summed E-state index contributed by atoms with van der Waals surface area (Å²) in [7, 11) is 0. The number of aromatic nitrogens is 4. The Morgan fingerprint density at radius 3 is 2.94 bits per heavy atom. The number of aromatic amines is 1. The van der Waals surface area contributed by atoms with Crippen LogP contribution in [0.1, 0.15) is 6.92 Å². The van der Waals surface area contributed by atoms with E-state index in [0.29, 0.717) is 23.3 Å². The molecule has 0 radical (unpaired) electrons. The van der Waals surface area contributed by atoms with Gasteiger partial charge < -0.3 is 26.0 Å². The second-order valence-electron chi connectivity index (χ2n) is 7.76. The third-order valence-electron chi connectivity index (χ3n) is 5.27. The first-order valence-corrected chi connectivity index (χ1v) is 10.3. The molecule has 3 heterocycles. The van der Waals surface area contributed by atoms with Gasteiger partial charge in [0.2, 0.25) is 5.95 Å². The summed E-state index contributed by atoms with van der Waals surface area (Å²) in [6, 6.07) is 12.2. The summed E-state index contributed by atoms with van der Waals surface area (Å²) in [4.78, 5) is 10.7. The molecule has 1 aliphatic rings. The maximum Gasteiger partial charge on any atom is 0.223 e. The summed E-state index contributed by atoms with van der Waals surface area (Å²) in [6.07, 6.45) is 1.69. The highest BCUT2D eigenvalue weighted by Gasteiger charge is 2.18. The first kappa shape index (κ1) is 20.0. The van der Waals surface area contributed by atoms with E-state index in [-0.39, 0.29) is 11.7 Å². The SMILES string of the molecule is CC1CN(c2cc(Nc3ccc(Oc4ccc5[nH]ncc5c4)c(F)c3)nc(N)n2)CCN1. The number of halogens is 1. The fourth-order valence-corrected chi connectivity index (χ4v) is 3.74. The lowest BCUT2D eigenvalue weighted by molar-refractivity contribution is 0.443. The van der Waals surface area contributed by atoms with Gasteiger partial charge in [0.15, 0.2) is 11.6 Å². The molecule has 1 atom stereocenters. The monoisotopic (exact) mass is 434 g/mol. The molecule has 4 aromatic rings. The average Bonchev–Trinajstić information content (AvgIpc) is 3.23. The summed E-state index contributed by atoms with van der Waals surface area (Å²) in [5.74, 6) is 1.54. The van der Waals surface area contributed by atoms with E-state index in [4.69, 9.17) is 10.5 Å². The van der Waals surface area contributed by atoms with Crippen molar-refractivity contribution in [2.24, 2.45) is 0 Å². The molecular formula is C22H23FN8O. The van der Waals surface area contributed by atoms with E-state index in [9.17, 15) is 4.39 Å². The Bertz CT molecular complexity index is 1260. The summed E-state index contributed by atoms with van der Waals surface area (Å²) in [6.45, 7) is 4.64. The Hall–Kier alpha value is -3.92. The van der Waals surface area contributed by atoms with Crippen LogP contribution in [0.25, 0.3) is 10.9 Å². The zero-order valence-electron chi connectivity index (χ0n) is 17.5. The number of hydrogen-bond donors (Lipinski definition) is 4. The van der Waals surface area contributed by atoms with Gasteiger partial charge in [0.25, 0.3) is 0 Å². The minimum Gasteiger partial charge on any atom is -0.454 e. The van der Waals surface area contributed by atoms with Gasteiger partial charge >= 0.3 is 0 Å². The molecule has 1 saturated heterocycles. The summed E-state index contributed by atoms with van der Waals surface area (Å²) in [5, 5.41) is 14.2. The molecule has 2 aromatic carbocycles. The van der Waals surface area contributed by atoms with Gasteiger partial charge in [-0.1, -0.05) is 0 Å².